The molecule has 0 atom stereocenters. The number of esters is 2. The number of hydrogen-bond acceptors (Lipinski definition) is 6. The summed E-state index contributed by atoms with van der Waals surface area (Å²) in [4.78, 5) is 33.3. The number of rotatable bonds is 16. The fourth-order valence-electron chi connectivity index (χ4n) is 2.90. The predicted octanol–water partition coefficient (Wildman–Crippen LogP) is 5.63. The maximum atomic E-state index is 13.3. The first kappa shape index (κ1) is 25.5. The van der Waals surface area contributed by atoms with Crippen LogP contribution in [0, 0.1) is 15.9 Å². The van der Waals surface area contributed by atoms with Gasteiger partial charge in [0.25, 0.3) is 0 Å². The molecule has 30 heavy (non-hydrogen) atoms. The number of nitro groups is 1. The average Bonchev–Trinajstić information content (AvgIpc) is 2.71. The molecule has 0 saturated heterocycles. The van der Waals surface area contributed by atoms with Crippen molar-refractivity contribution in [2.75, 3.05) is 6.61 Å². The Morgan fingerprint density at radius 2 is 1.53 bits per heavy atom. The second-order valence-corrected chi connectivity index (χ2v) is 7.25. The van der Waals surface area contributed by atoms with E-state index >= 15 is 0 Å². The van der Waals surface area contributed by atoms with Gasteiger partial charge in [-0.2, -0.15) is 4.39 Å². The largest absolute Gasteiger partial charge is 0.466 e. The summed E-state index contributed by atoms with van der Waals surface area (Å²) in [5.41, 5.74) is -0.344. The highest BCUT2D eigenvalue weighted by Gasteiger charge is 2.15. The first-order valence-electron chi connectivity index (χ1n) is 10.7. The number of nitrogens with zero attached hydrogens (tertiary/aromatic N) is 1. The average molecular weight is 425 g/mol. The van der Waals surface area contributed by atoms with Crippen molar-refractivity contribution in [1.82, 2.24) is 0 Å². The van der Waals surface area contributed by atoms with Gasteiger partial charge >= 0.3 is 17.6 Å². The van der Waals surface area contributed by atoms with Gasteiger partial charge in [0.2, 0.25) is 5.82 Å². The number of carbonyl (C=O) groups excluding carboxylic acids is 2. The molecule has 0 fully saturated rings. The molecule has 0 saturated carbocycles. The lowest BCUT2D eigenvalue weighted by Gasteiger charge is -2.06. The van der Waals surface area contributed by atoms with Crippen LogP contribution in [0.4, 0.5) is 10.1 Å². The minimum atomic E-state index is -0.944. The van der Waals surface area contributed by atoms with Crippen LogP contribution in [0.2, 0.25) is 0 Å². The molecule has 0 aliphatic carbocycles. The van der Waals surface area contributed by atoms with Gasteiger partial charge < -0.3 is 9.47 Å². The second kappa shape index (κ2) is 15.3. The zero-order valence-corrected chi connectivity index (χ0v) is 17.7. The lowest BCUT2D eigenvalue weighted by atomic mass is 10.1. The van der Waals surface area contributed by atoms with E-state index in [2.05, 4.69) is 6.92 Å². The van der Waals surface area contributed by atoms with Gasteiger partial charge in [0.15, 0.2) is 0 Å². The number of benzene rings is 1. The van der Waals surface area contributed by atoms with E-state index in [1.807, 2.05) is 0 Å². The molecule has 0 bridgehead atoms. The molecule has 0 aliphatic heterocycles. The van der Waals surface area contributed by atoms with Crippen molar-refractivity contribution in [2.45, 2.75) is 84.2 Å². The summed E-state index contributed by atoms with van der Waals surface area (Å²) in [5, 5.41) is 10.7. The normalized spacial score (nSPS) is 10.6. The van der Waals surface area contributed by atoms with E-state index in [0.29, 0.717) is 18.6 Å². The molecular weight excluding hydrogens is 393 g/mol. The summed E-state index contributed by atoms with van der Waals surface area (Å²) in [6.45, 7) is 2.41. The van der Waals surface area contributed by atoms with Crippen molar-refractivity contribution in [2.24, 2.45) is 0 Å². The summed E-state index contributed by atoms with van der Waals surface area (Å²) in [6, 6.07) is 3.31. The van der Waals surface area contributed by atoms with E-state index in [-0.39, 0.29) is 25.4 Å². The Labute approximate surface area is 177 Å². The van der Waals surface area contributed by atoms with Crippen molar-refractivity contribution < 1.29 is 28.4 Å². The molecular formula is C22H32FNO6. The second-order valence-electron chi connectivity index (χ2n) is 7.25. The van der Waals surface area contributed by atoms with Gasteiger partial charge in [-0.05, 0) is 24.5 Å². The molecule has 0 amide bonds. The first-order chi connectivity index (χ1) is 14.4. The number of halogens is 1. The Morgan fingerprint density at radius 1 is 0.933 bits per heavy atom. The highest BCUT2D eigenvalue weighted by atomic mass is 19.1. The van der Waals surface area contributed by atoms with Crippen LogP contribution in [0.3, 0.4) is 0 Å². The van der Waals surface area contributed by atoms with Crippen LogP contribution < -0.4 is 0 Å². The highest BCUT2D eigenvalue weighted by Crippen LogP contribution is 2.19. The fourth-order valence-corrected chi connectivity index (χ4v) is 2.90. The van der Waals surface area contributed by atoms with Gasteiger partial charge in [0.05, 0.1) is 11.5 Å². The maximum Gasteiger partial charge on any atom is 0.306 e. The van der Waals surface area contributed by atoms with Crippen LogP contribution in [-0.2, 0) is 25.7 Å². The fraction of sp³-hybridized carbons (Fsp3) is 0.636. The zero-order valence-electron chi connectivity index (χ0n) is 17.7. The number of nitro benzene ring substituents is 1. The van der Waals surface area contributed by atoms with E-state index in [4.69, 9.17) is 9.47 Å². The lowest BCUT2D eigenvalue weighted by Crippen LogP contribution is -2.09. The Hall–Kier alpha value is -2.51. The molecule has 168 valence electrons. The summed E-state index contributed by atoms with van der Waals surface area (Å²) >= 11 is 0. The highest BCUT2D eigenvalue weighted by molar-refractivity contribution is 5.72. The van der Waals surface area contributed by atoms with Gasteiger partial charge in [-0.1, -0.05) is 57.9 Å². The number of hydrogen-bond donors (Lipinski definition) is 0. The molecule has 0 N–H and O–H groups in total. The van der Waals surface area contributed by atoms with E-state index in [1.54, 1.807) is 0 Å². The molecule has 0 aromatic heterocycles. The van der Waals surface area contributed by atoms with Crippen LogP contribution in [0.25, 0.3) is 0 Å². The number of ether oxygens (including phenoxy) is 2. The minimum absolute atomic E-state index is 0.0378. The third kappa shape index (κ3) is 11.5. The smallest absolute Gasteiger partial charge is 0.306 e. The van der Waals surface area contributed by atoms with Crippen LogP contribution in [-0.4, -0.2) is 23.5 Å². The van der Waals surface area contributed by atoms with E-state index in [1.165, 1.54) is 38.2 Å². The van der Waals surface area contributed by atoms with Crippen LogP contribution in [0.1, 0.15) is 83.1 Å². The summed E-state index contributed by atoms with van der Waals surface area (Å²) in [6.07, 6.45) is 9.85. The van der Waals surface area contributed by atoms with Gasteiger partial charge in [0, 0.05) is 18.9 Å². The van der Waals surface area contributed by atoms with Crippen molar-refractivity contribution in [1.29, 1.82) is 0 Å². The van der Waals surface area contributed by atoms with Crippen LogP contribution >= 0.6 is 0 Å². The molecule has 0 spiro atoms. The lowest BCUT2D eigenvalue weighted by molar-refractivity contribution is -0.387. The molecule has 8 heteroatoms. The summed E-state index contributed by atoms with van der Waals surface area (Å²) in [5.74, 6) is -1.81. The number of carbonyl (C=O) groups is 2. The van der Waals surface area contributed by atoms with E-state index < -0.39 is 22.4 Å². The molecule has 0 aliphatic rings. The van der Waals surface area contributed by atoms with E-state index in [0.717, 1.165) is 31.4 Å². The standard InChI is InChI=1S/C22H32FNO6/c1-2-3-4-5-6-7-8-9-15-29-21(25)11-10-12-22(26)30-17-18-13-14-19(23)20(16-18)24(27)28/h13-14,16H,2-12,15,17H2,1H3. The summed E-state index contributed by atoms with van der Waals surface area (Å²) < 4.78 is 23.4. The number of unbranched alkanes of at least 4 members (excludes halogenated alkanes) is 7. The van der Waals surface area contributed by atoms with Crippen molar-refractivity contribution in [3.05, 3.63) is 39.7 Å². The maximum absolute atomic E-state index is 13.3. The van der Waals surface area contributed by atoms with Crippen LogP contribution in [0.5, 0.6) is 0 Å². The van der Waals surface area contributed by atoms with Gasteiger partial charge in [-0.25, -0.2) is 0 Å². The Balaban J connectivity index is 2.08. The quantitative estimate of drug-likeness (QED) is 0.147. The monoisotopic (exact) mass is 425 g/mol. The van der Waals surface area contributed by atoms with E-state index in [9.17, 15) is 24.1 Å². The minimum Gasteiger partial charge on any atom is -0.466 e. The van der Waals surface area contributed by atoms with Crippen molar-refractivity contribution in [3.8, 4) is 0 Å². The van der Waals surface area contributed by atoms with Crippen molar-refractivity contribution in [3.63, 3.8) is 0 Å². The zero-order chi connectivity index (χ0) is 22.2. The Morgan fingerprint density at radius 3 is 2.17 bits per heavy atom. The third-order valence-corrected chi connectivity index (χ3v) is 4.63. The summed E-state index contributed by atoms with van der Waals surface area (Å²) in [7, 11) is 0. The Kier molecular flexibility index (Phi) is 13.1. The topological polar surface area (TPSA) is 95.7 Å². The predicted molar refractivity (Wildman–Crippen MR) is 110 cm³/mol. The van der Waals surface area contributed by atoms with Crippen molar-refractivity contribution >= 4 is 17.6 Å². The molecule has 0 heterocycles. The Bertz CT molecular complexity index is 680. The molecule has 1 rings (SSSR count). The molecule has 7 nitrogen and oxygen atoms in total. The first-order valence-corrected chi connectivity index (χ1v) is 10.7. The van der Waals surface area contributed by atoms with Gasteiger partial charge in [0.1, 0.15) is 6.61 Å². The third-order valence-electron chi connectivity index (χ3n) is 4.63. The van der Waals surface area contributed by atoms with Gasteiger partial charge in [-0.3, -0.25) is 19.7 Å². The molecule has 0 unspecified atom stereocenters. The van der Waals surface area contributed by atoms with Crippen LogP contribution in [0.15, 0.2) is 18.2 Å². The SMILES string of the molecule is CCCCCCCCCCOC(=O)CCCC(=O)OCc1ccc(F)c([N+](=O)[O-])c1. The molecule has 1 aromatic carbocycles. The molecule has 1 aromatic rings. The van der Waals surface area contributed by atoms with Gasteiger partial charge in [-0.15, -0.1) is 0 Å². The molecule has 0 radical (unpaired) electrons.